The Bertz CT molecular complexity index is 630. The normalized spacial score (nSPS) is 12.4. The molecule has 1 unspecified atom stereocenters. The maximum Gasteiger partial charge on any atom is 0.141 e. The quantitative estimate of drug-likeness (QED) is 0.834. The van der Waals surface area contributed by atoms with Crippen LogP contribution in [-0.4, -0.2) is 4.21 Å². The van der Waals surface area contributed by atoms with Crippen molar-refractivity contribution in [1.82, 2.24) is 0 Å². The van der Waals surface area contributed by atoms with Crippen molar-refractivity contribution in [1.29, 1.82) is 0 Å². The molecule has 6 heteroatoms. The number of anilines is 1. The number of halogens is 3. The second-order valence-corrected chi connectivity index (χ2v) is 6.59. The first kappa shape index (κ1) is 14.5. The van der Waals surface area contributed by atoms with Crippen LogP contribution in [0.15, 0.2) is 45.8 Å². The highest BCUT2D eigenvalue weighted by molar-refractivity contribution is 9.10. The standard InChI is InChI=1S/C13H10BrClFNOS/c14-10-2-1-3-13(17)9(10)7-19(18)8-4-5-12(16)11(15)6-8/h1-6H,7,17H2. The van der Waals surface area contributed by atoms with Gasteiger partial charge < -0.3 is 5.73 Å². The van der Waals surface area contributed by atoms with Crippen LogP contribution in [0.4, 0.5) is 10.1 Å². The van der Waals surface area contributed by atoms with Crippen molar-refractivity contribution in [2.24, 2.45) is 0 Å². The van der Waals surface area contributed by atoms with Crippen molar-refractivity contribution >= 4 is 44.0 Å². The van der Waals surface area contributed by atoms with Gasteiger partial charge in [-0.1, -0.05) is 33.6 Å². The van der Waals surface area contributed by atoms with E-state index < -0.39 is 16.6 Å². The van der Waals surface area contributed by atoms with E-state index in [1.807, 2.05) is 6.07 Å². The summed E-state index contributed by atoms with van der Waals surface area (Å²) in [4.78, 5) is 0.474. The summed E-state index contributed by atoms with van der Waals surface area (Å²) < 4.78 is 26.1. The second-order valence-electron chi connectivity index (χ2n) is 3.87. The summed E-state index contributed by atoms with van der Waals surface area (Å²) >= 11 is 9.05. The largest absolute Gasteiger partial charge is 0.398 e. The lowest BCUT2D eigenvalue weighted by molar-refractivity contribution is 0.626. The van der Waals surface area contributed by atoms with Gasteiger partial charge in [0.15, 0.2) is 0 Å². The van der Waals surface area contributed by atoms with Crippen LogP contribution in [0, 0.1) is 5.82 Å². The third kappa shape index (κ3) is 3.35. The number of hydrogen-bond acceptors (Lipinski definition) is 2. The van der Waals surface area contributed by atoms with Gasteiger partial charge in [-0.2, -0.15) is 0 Å². The Labute approximate surface area is 126 Å². The Kier molecular flexibility index (Phi) is 4.60. The molecule has 0 heterocycles. The predicted octanol–water partition coefficient (Wildman–Crippen LogP) is 4.13. The molecule has 0 bridgehead atoms. The Hall–Kier alpha value is -0.910. The number of nitrogens with two attached hydrogens (primary N) is 1. The van der Waals surface area contributed by atoms with Crippen LogP contribution in [0.2, 0.25) is 5.02 Å². The summed E-state index contributed by atoms with van der Waals surface area (Å²) in [6.45, 7) is 0. The van der Waals surface area contributed by atoms with Crippen molar-refractivity contribution in [3.05, 3.63) is 57.3 Å². The van der Waals surface area contributed by atoms with Gasteiger partial charge in [0, 0.05) is 20.6 Å². The van der Waals surface area contributed by atoms with E-state index in [1.165, 1.54) is 18.2 Å². The third-order valence-electron chi connectivity index (χ3n) is 2.58. The summed E-state index contributed by atoms with van der Waals surface area (Å²) in [5, 5.41) is -0.0362. The molecular formula is C13H10BrClFNOS. The molecule has 2 nitrogen and oxygen atoms in total. The molecule has 2 N–H and O–H groups in total. The molecule has 0 amide bonds. The summed E-state index contributed by atoms with van der Waals surface area (Å²) in [5.74, 6) is -0.280. The SMILES string of the molecule is Nc1cccc(Br)c1CS(=O)c1ccc(F)c(Cl)c1. The molecule has 2 aromatic carbocycles. The average Bonchev–Trinajstić information content (AvgIpc) is 2.37. The minimum absolute atomic E-state index is 0.0362. The molecule has 1 atom stereocenters. The van der Waals surface area contributed by atoms with Crippen LogP contribution in [-0.2, 0) is 16.6 Å². The fraction of sp³-hybridized carbons (Fsp3) is 0.0769. The number of hydrogen-bond donors (Lipinski definition) is 1. The van der Waals surface area contributed by atoms with E-state index in [2.05, 4.69) is 15.9 Å². The van der Waals surface area contributed by atoms with Crippen LogP contribution in [0.5, 0.6) is 0 Å². The van der Waals surface area contributed by atoms with Crippen molar-refractivity contribution in [3.8, 4) is 0 Å². The van der Waals surface area contributed by atoms with E-state index in [1.54, 1.807) is 12.1 Å². The van der Waals surface area contributed by atoms with Crippen LogP contribution in [0.25, 0.3) is 0 Å². The van der Waals surface area contributed by atoms with E-state index in [0.29, 0.717) is 10.6 Å². The highest BCUT2D eigenvalue weighted by Gasteiger charge is 2.12. The van der Waals surface area contributed by atoms with Gasteiger partial charge in [0.25, 0.3) is 0 Å². The molecule has 0 saturated carbocycles. The van der Waals surface area contributed by atoms with Crippen LogP contribution in [0.1, 0.15) is 5.56 Å². The first-order valence-electron chi connectivity index (χ1n) is 5.35. The molecule has 0 radical (unpaired) electrons. The van der Waals surface area contributed by atoms with Crippen molar-refractivity contribution in [3.63, 3.8) is 0 Å². The van der Waals surface area contributed by atoms with E-state index >= 15 is 0 Å². The fourth-order valence-corrected chi connectivity index (χ4v) is 3.73. The fourth-order valence-electron chi connectivity index (χ4n) is 1.56. The maximum atomic E-state index is 13.1. The van der Waals surface area contributed by atoms with Gasteiger partial charge in [-0.3, -0.25) is 4.21 Å². The van der Waals surface area contributed by atoms with Gasteiger partial charge in [-0.05, 0) is 30.3 Å². The zero-order chi connectivity index (χ0) is 14.0. The molecule has 100 valence electrons. The number of nitrogen functional groups attached to an aromatic ring is 1. The first-order chi connectivity index (χ1) is 8.99. The van der Waals surface area contributed by atoms with E-state index in [-0.39, 0.29) is 10.8 Å². The maximum absolute atomic E-state index is 13.1. The smallest absolute Gasteiger partial charge is 0.141 e. The second kappa shape index (κ2) is 6.03. The molecule has 2 aromatic rings. The number of benzene rings is 2. The lowest BCUT2D eigenvalue weighted by Gasteiger charge is -2.08. The minimum Gasteiger partial charge on any atom is -0.398 e. The van der Waals surface area contributed by atoms with Crippen molar-refractivity contribution in [2.75, 3.05) is 5.73 Å². The summed E-state index contributed by atoms with van der Waals surface area (Å²) in [6, 6.07) is 9.43. The highest BCUT2D eigenvalue weighted by atomic mass is 79.9. The van der Waals surface area contributed by atoms with Gasteiger partial charge >= 0.3 is 0 Å². The molecule has 2 rings (SSSR count). The average molecular weight is 363 g/mol. The summed E-state index contributed by atoms with van der Waals surface area (Å²) in [6.07, 6.45) is 0. The lowest BCUT2D eigenvalue weighted by atomic mass is 10.2. The Morgan fingerprint density at radius 2 is 2.05 bits per heavy atom. The molecule has 0 aromatic heterocycles. The van der Waals surface area contributed by atoms with Crippen LogP contribution in [0.3, 0.4) is 0 Å². The molecule has 19 heavy (non-hydrogen) atoms. The monoisotopic (exact) mass is 361 g/mol. The van der Waals surface area contributed by atoms with Gasteiger partial charge in [0.1, 0.15) is 5.82 Å². The van der Waals surface area contributed by atoms with Gasteiger partial charge in [-0.25, -0.2) is 4.39 Å². The van der Waals surface area contributed by atoms with E-state index in [9.17, 15) is 8.60 Å². The number of rotatable bonds is 3. The third-order valence-corrected chi connectivity index (χ3v) is 4.95. The topological polar surface area (TPSA) is 43.1 Å². The predicted molar refractivity (Wildman–Crippen MR) is 80.1 cm³/mol. The lowest BCUT2D eigenvalue weighted by Crippen LogP contribution is -2.01. The van der Waals surface area contributed by atoms with E-state index in [4.69, 9.17) is 17.3 Å². The minimum atomic E-state index is -1.33. The Morgan fingerprint density at radius 1 is 1.32 bits per heavy atom. The first-order valence-corrected chi connectivity index (χ1v) is 7.84. The Morgan fingerprint density at radius 3 is 2.68 bits per heavy atom. The summed E-state index contributed by atoms with van der Waals surface area (Å²) in [7, 11) is -1.33. The van der Waals surface area contributed by atoms with Crippen molar-refractivity contribution < 1.29 is 8.60 Å². The van der Waals surface area contributed by atoms with Gasteiger partial charge in [0.2, 0.25) is 0 Å². The molecular weight excluding hydrogens is 353 g/mol. The van der Waals surface area contributed by atoms with Crippen LogP contribution >= 0.6 is 27.5 Å². The molecule has 0 saturated heterocycles. The molecule has 0 aliphatic rings. The zero-order valence-electron chi connectivity index (χ0n) is 9.70. The van der Waals surface area contributed by atoms with Gasteiger partial charge in [0.05, 0.1) is 21.6 Å². The van der Waals surface area contributed by atoms with Crippen LogP contribution < -0.4 is 5.73 Å². The summed E-state index contributed by atoms with van der Waals surface area (Å²) in [5.41, 5.74) is 7.18. The molecule has 0 aliphatic heterocycles. The highest BCUT2D eigenvalue weighted by Crippen LogP contribution is 2.26. The molecule has 0 fully saturated rings. The van der Waals surface area contributed by atoms with Crippen molar-refractivity contribution in [2.45, 2.75) is 10.6 Å². The zero-order valence-corrected chi connectivity index (χ0v) is 12.9. The molecule has 0 aliphatic carbocycles. The molecule has 0 spiro atoms. The van der Waals surface area contributed by atoms with Gasteiger partial charge in [-0.15, -0.1) is 0 Å². The van der Waals surface area contributed by atoms with E-state index in [0.717, 1.165) is 10.0 Å². The Balaban J connectivity index is 2.28.